The van der Waals surface area contributed by atoms with Crippen molar-refractivity contribution >= 4 is 22.4 Å². The van der Waals surface area contributed by atoms with Crippen LogP contribution in [0.2, 0.25) is 0 Å². The molecule has 1 aliphatic rings. The summed E-state index contributed by atoms with van der Waals surface area (Å²) in [4.78, 5) is 14.6. The van der Waals surface area contributed by atoms with Crippen molar-refractivity contribution in [1.82, 2.24) is 15.1 Å². The van der Waals surface area contributed by atoms with Crippen LogP contribution in [0, 0.1) is 0 Å². The second-order valence-corrected chi connectivity index (χ2v) is 6.08. The lowest BCUT2D eigenvalue weighted by Gasteiger charge is -2.26. The Morgan fingerprint density at radius 2 is 1.96 bits per heavy atom. The second kappa shape index (κ2) is 6.43. The Morgan fingerprint density at radius 1 is 1.16 bits per heavy atom. The number of nitrogens with zero attached hydrogens (tertiary/aromatic N) is 2. The molecule has 0 unspecified atom stereocenters. The molecule has 0 spiro atoms. The highest BCUT2D eigenvalue weighted by Gasteiger charge is 2.23. The molecule has 0 aliphatic carbocycles. The summed E-state index contributed by atoms with van der Waals surface area (Å²) in [5.41, 5.74) is 3.82. The summed E-state index contributed by atoms with van der Waals surface area (Å²) in [6.45, 7) is 1.29. The van der Waals surface area contributed by atoms with Crippen molar-refractivity contribution in [1.29, 1.82) is 0 Å². The molecule has 1 N–H and O–H groups in total. The van der Waals surface area contributed by atoms with Crippen LogP contribution in [0.15, 0.2) is 54.6 Å². The fourth-order valence-corrected chi connectivity index (χ4v) is 3.20. The molecule has 1 amide bonds. The molecule has 0 atom stereocenters. The summed E-state index contributed by atoms with van der Waals surface area (Å²) in [5.74, 6) is 0.824. The van der Waals surface area contributed by atoms with Crippen molar-refractivity contribution < 1.29 is 9.53 Å². The number of para-hydroxylation sites is 1. The normalized spacial score (nSPS) is 14.4. The van der Waals surface area contributed by atoms with Crippen LogP contribution >= 0.6 is 0 Å². The van der Waals surface area contributed by atoms with Crippen molar-refractivity contribution in [3.05, 3.63) is 65.9 Å². The van der Waals surface area contributed by atoms with E-state index >= 15 is 0 Å². The number of amides is 1. The number of nitrogens with one attached hydrogen (secondary N) is 1. The van der Waals surface area contributed by atoms with Gasteiger partial charge in [0.2, 0.25) is 0 Å². The summed E-state index contributed by atoms with van der Waals surface area (Å²) in [6, 6.07) is 15.7. The summed E-state index contributed by atoms with van der Waals surface area (Å²) < 4.78 is 5.20. The molecule has 2 heterocycles. The van der Waals surface area contributed by atoms with Gasteiger partial charge in [-0.3, -0.25) is 9.89 Å². The maximum Gasteiger partial charge on any atom is 0.275 e. The molecular formula is C20H19N3O2. The van der Waals surface area contributed by atoms with E-state index < -0.39 is 0 Å². The number of carbonyl (C=O) groups is 1. The zero-order valence-electron chi connectivity index (χ0n) is 14.0. The lowest BCUT2D eigenvalue weighted by atomic mass is 9.99. The fraction of sp³-hybridized carbons (Fsp3) is 0.200. The Hall–Kier alpha value is -3.08. The van der Waals surface area contributed by atoms with Gasteiger partial charge in [0.1, 0.15) is 5.75 Å². The number of fused-ring (bicyclic) bond motifs is 1. The quantitative estimate of drug-likeness (QED) is 0.798. The molecule has 5 heteroatoms. The third kappa shape index (κ3) is 2.89. The highest BCUT2D eigenvalue weighted by molar-refractivity contribution is 6.04. The minimum atomic E-state index is -0.0255. The monoisotopic (exact) mass is 333 g/mol. The van der Waals surface area contributed by atoms with Gasteiger partial charge in [0, 0.05) is 18.5 Å². The van der Waals surface area contributed by atoms with E-state index in [0.717, 1.165) is 23.1 Å². The van der Waals surface area contributed by atoms with Gasteiger partial charge in [-0.1, -0.05) is 36.4 Å². The molecule has 0 fully saturated rings. The molecule has 3 aromatic rings. The minimum Gasteiger partial charge on any atom is -0.497 e. The van der Waals surface area contributed by atoms with E-state index in [0.29, 0.717) is 18.8 Å². The lowest BCUT2D eigenvalue weighted by molar-refractivity contribution is 0.0769. The second-order valence-electron chi connectivity index (χ2n) is 6.08. The van der Waals surface area contributed by atoms with Crippen LogP contribution in [0.25, 0.3) is 16.5 Å². The van der Waals surface area contributed by atoms with Crippen LogP contribution in [0.4, 0.5) is 0 Å². The third-order valence-electron chi connectivity index (χ3n) is 4.63. The smallest absolute Gasteiger partial charge is 0.275 e. The van der Waals surface area contributed by atoms with Crippen LogP contribution < -0.4 is 4.74 Å². The number of benzene rings is 2. The van der Waals surface area contributed by atoms with E-state index in [9.17, 15) is 4.79 Å². The van der Waals surface area contributed by atoms with Gasteiger partial charge in [0.05, 0.1) is 12.6 Å². The zero-order chi connectivity index (χ0) is 17.2. The first-order chi connectivity index (χ1) is 12.3. The maximum atomic E-state index is 12.8. The zero-order valence-corrected chi connectivity index (χ0v) is 14.0. The average Bonchev–Trinajstić information content (AvgIpc) is 3.12. The molecule has 0 saturated heterocycles. The number of hydrogen-bond acceptors (Lipinski definition) is 3. The number of H-pyrrole nitrogens is 1. The Labute approximate surface area is 145 Å². The Morgan fingerprint density at radius 3 is 2.68 bits per heavy atom. The Kier molecular flexibility index (Phi) is 3.98. The van der Waals surface area contributed by atoms with Gasteiger partial charge in [-0.05, 0) is 35.8 Å². The number of carbonyl (C=O) groups excluding carboxylic acids is 1. The first kappa shape index (κ1) is 15.4. The number of aromatic nitrogens is 2. The summed E-state index contributed by atoms with van der Waals surface area (Å²) >= 11 is 0. The van der Waals surface area contributed by atoms with E-state index in [1.807, 2.05) is 41.3 Å². The van der Waals surface area contributed by atoms with Crippen LogP contribution in [-0.2, 0) is 0 Å². The van der Waals surface area contributed by atoms with Gasteiger partial charge in [0.25, 0.3) is 5.91 Å². The van der Waals surface area contributed by atoms with Crippen molar-refractivity contribution in [2.24, 2.45) is 0 Å². The third-order valence-corrected chi connectivity index (χ3v) is 4.63. The number of methoxy groups -OCH3 is 1. The van der Waals surface area contributed by atoms with Gasteiger partial charge in [0.15, 0.2) is 5.69 Å². The van der Waals surface area contributed by atoms with E-state index in [1.54, 1.807) is 7.11 Å². The summed E-state index contributed by atoms with van der Waals surface area (Å²) in [7, 11) is 1.66. The van der Waals surface area contributed by atoms with E-state index in [1.165, 1.54) is 11.1 Å². The van der Waals surface area contributed by atoms with Gasteiger partial charge in [-0.25, -0.2) is 0 Å². The standard InChI is InChI=1S/C20H19N3O2/c1-25-16-8-6-14(7-9-16)15-10-12-23(13-11-15)20(24)19-17-4-2-3-5-18(17)21-22-19/h2-10H,11-13H2,1H3,(H,21,22). The SMILES string of the molecule is COc1ccc(C2=CCN(C(=O)c3n[nH]c4ccccc34)CC2)cc1. The van der Waals surface area contributed by atoms with Crippen LogP contribution in [-0.4, -0.2) is 41.2 Å². The predicted octanol–water partition coefficient (Wildman–Crippen LogP) is 3.50. The van der Waals surface area contributed by atoms with Gasteiger partial charge in [-0.15, -0.1) is 0 Å². The van der Waals surface area contributed by atoms with Crippen LogP contribution in [0.3, 0.4) is 0 Å². The highest BCUT2D eigenvalue weighted by Crippen LogP contribution is 2.25. The first-order valence-electron chi connectivity index (χ1n) is 8.32. The van der Waals surface area contributed by atoms with Crippen molar-refractivity contribution in [3.63, 3.8) is 0 Å². The Balaban J connectivity index is 1.52. The van der Waals surface area contributed by atoms with Crippen LogP contribution in [0.5, 0.6) is 5.75 Å². The summed E-state index contributed by atoms with van der Waals surface area (Å²) in [5, 5.41) is 8.02. The molecule has 25 heavy (non-hydrogen) atoms. The molecule has 1 aromatic heterocycles. The van der Waals surface area contributed by atoms with E-state index in [4.69, 9.17) is 4.74 Å². The molecule has 126 valence electrons. The minimum absolute atomic E-state index is 0.0255. The van der Waals surface area contributed by atoms with Gasteiger partial charge in [-0.2, -0.15) is 5.10 Å². The number of aromatic amines is 1. The topological polar surface area (TPSA) is 58.2 Å². The largest absolute Gasteiger partial charge is 0.497 e. The van der Waals surface area contributed by atoms with Crippen molar-refractivity contribution in [2.75, 3.05) is 20.2 Å². The number of rotatable bonds is 3. The van der Waals surface area contributed by atoms with E-state index in [-0.39, 0.29) is 5.91 Å². The fourth-order valence-electron chi connectivity index (χ4n) is 3.20. The average molecular weight is 333 g/mol. The molecule has 4 rings (SSSR count). The Bertz CT molecular complexity index is 941. The number of ether oxygens (including phenoxy) is 1. The van der Waals surface area contributed by atoms with Gasteiger partial charge >= 0.3 is 0 Å². The summed E-state index contributed by atoms with van der Waals surface area (Å²) in [6.07, 6.45) is 2.96. The molecular weight excluding hydrogens is 314 g/mol. The highest BCUT2D eigenvalue weighted by atomic mass is 16.5. The first-order valence-corrected chi connectivity index (χ1v) is 8.32. The van der Waals surface area contributed by atoms with E-state index in [2.05, 4.69) is 28.4 Å². The van der Waals surface area contributed by atoms with Gasteiger partial charge < -0.3 is 9.64 Å². The molecule has 0 saturated carbocycles. The molecule has 1 aliphatic heterocycles. The number of hydrogen-bond donors (Lipinski definition) is 1. The molecule has 0 bridgehead atoms. The van der Waals surface area contributed by atoms with Crippen molar-refractivity contribution in [2.45, 2.75) is 6.42 Å². The van der Waals surface area contributed by atoms with Crippen LogP contribution in [0.1, 0.15) is 22.5 Å². The maximum absolute atomic E-state index is 12.8. The molecule has 2 aromatic carbocycles. The predicted molar refractivity (Wildman–Crippen MR) is 97.6 cm³/mol. The van der Waals surface area contributed by atoms with Crippen molar-refractivity contribution in [3.8, 4) is 5.75 Å². The molecule has 5 nitrogen and oxygen atoms in total. The molecule has 0 radical (unpaired) electrons. The lowest BCUT2D eigenvalue weighted by Crippen LogP contribution is -2.35.